The zero-order chi connectivity index (χ0) is 21.3. The molecule has 2 amide bonds. The Morgan fingerprint density at radius 3 is 2.67 bits per heavy atom. The second-order valence-electron chi connectivity index (χ2n) is 7.10. The van der Waals surface area contributed by atoms with Crippen molar-refractivity contribution in [3.05, 3.63) is 66.0 Å². The molecule has 7 heteroatoms. The third kappa shape index (κ3) is 3.69. The average Bonchev–Trinajstić information content (AvgIpc) is 3.13. The Balaban J connectivity index is 1.53. The number of pyridine rings is 1. The number of benzene rings is 2. The molecule has 0 saturated heterocycles. The van der Waals surface area contributed by atoms with Gasteiger partial charge in [-0.3, -0.25) is 9.59 Å². The van der Waals surface area contributed by atoms with E-state index in [-0.39, 0.29) is 11.6 Å². The van der Waals surface area contributed by atoms with Crippen LogP contribution in [0.4, 0.5) is 5.69 Å². The number of carbonyl (C=O) groups excluding carboxylic acids is 2. The Labute approximate surface area is 173 Å². The van der Waals surface area contributed by atoms with Gasteiger partial charge >= 0.3 is 0 Å². The van der Waals surface area contributed by atoms with Crippen LogP contribution in [-0.2, 0) is 4.79 Å². The van der Waals surface area contributed by atoms with E-state index >= 15 is 0 Å². The van der Waals surface area contributed by atoms with E-state index in [1.54, 1.807) is 44.4 Å². The minimum absolute atomic E-state index is 0.269. The first-order valence-electron chi connectivity index (χ1n) is 9.60. The number of aryl methyl sites for hydroxylation is 1. The van der Waals surface area contributed by atoms with Gasteiger partial charge in [-0.05, 0) is 38.1 Å². The third-order valence-electron chi connectivity index (χ3n) is 4.99. The number of nitrogens with zero attached hydrogens (tertiary/aromatic N) is 1. The van der Waals surface area contributed by atoms with Crippen LogP contribution in [-0.4, -0.2) is 34.9 Å². The first-order chi connectivity index (χ1) is 14.5. The average molecular weight is 402 g/mol. The Hall–Kier alpha value is -3.87. The maximum Gasteiger partial charge on any atom is 0.270 e. The van der Waals surface area contributed by atoms with Crippen molar-refractivity contribution in [1.82, 2.24) is 15.3 Å². The van der Waals surface area contributed by atoms with Gasteiger partial charge in [0.1, 0.15) is 17.5 Å². The van der Waals surface area contributed by atoms with Crippen molar-refractivity contribution >= 4 is 39.3 Å². The molecule has 0 fully saturated rings. The zero-order valence-electron chi connectivity index (χ0n) is 16.9. The van der Waals surface area contributed by atoms with Gasteiger partial charge in [-0.15, -0.1) is 0 Å². The number of hydrogen-bond donors (Lipinski definition) is 3. The molecule has 2 heterocycles. The first-order valence-corrected chi connectivity index (χ1v) is 9.60. The lowest BCUT2D eigenvalue weighted by Gasteiger charge is -2.14. The maximum atomic E-state index is 12.8. The van der Waals surface area contributed by atoms with Gasteiger partial charge in [0.2, 0.25) is 5.91 Å². The van der Waals surface area contributed by atoms with Gasteiger partial charge in [-0.25, -0.2) is 4.98 Å². The van der Waals surface area contributed by atoms with Gasteiger partial charge in [0.15, 0.2) is 0 Å². The lowest BCUT2D eigenvalue weighted by Crippen LogP contribution is -2.41. The Kier molecular flexibility index (Phi) is 5.10. The molecule has 4 rings (SSSR count). The number of hydrogen-bond acceptors (Lipinski definition) is 4. The van der Waals surface area contributed by atoms with Crippen LogP contribution in [0, 0.1) is 6.92 Å². The zero-order valence-corrected chi connectivity index (χ0v) is 16.9. The van der Waals surface area contributed by atoms with Crippen LogP contribution in [0.15, 0.2) is 54.6 Å². The molecular weight excluding hydrogens is 380 g/mol. The summed E-state index contributed by atoms with van der Waals surface area (Å²) in [5.74, 6) is -0.101. The lowest BCUT2D eigenvalue weighted by atomic mass is 10.1. The van der Waals surface area contributed by atoms with Crippen molar-refractivity contribution in [2.45, 2.75) is 19.9 Å². The van der Waals surface area contributed by atoms with Gasteiger partial charge in [0, 0.05) is 28.0 Å². The summed E-state index contributed by atoms with van der Waals surface area (Å²) >= 11 is 0. The summed E-state index contributed by atoms with van der Waals surface area (Å²) in [6, 6.07) is 15.9. The fourth-order valence-corrected chi connectivity index (χ4v) is 3.41. The molecule has 0 aliphatic heterocycles. The number of H-pyrrole nitrogens is 1. The number of aromatic amines is 1. The molecule has 0 bridgehead atoms. The van der Waals surface area contributed by atoms with Crippen LogP contribution in [0.5, 0.6) is 5.75 Å². The van der Waals surface area contributed by atoms with E-state index in [9.17, 15) is 9.59 Å². The fourth-order valence-electron chi connectivity index (χ4n) is 3.41. The topological polar surface area (TPSA) is 96.1 Å². The summed E-state index contributed by atoms with van der Waals surface area (Å²) in [7, 11) is 1.56. The number of anilines is 1. The number of fused-ring (bicyclic) bond motifs is 3. The van der Waals surface area contributed by atoms with E-state index in [4.69, 9.17) is 4.74 Å². The molecule has 1 unspecified atom stereocenters. The van der Waals surface area contributed by atoms with Crippen LogP contribution >= 0.6 is 0 Å². The standard InChI is InChI=1S/C23H22N4O3/c1-13-21-18(17-9-4-5-10-19(17)27-21)12-20(24-13)23(29)25-14(2)22(28)26-15-7-6-8-16(11-15)30-3/h4-12,14,27H,1-3H3,(H,25,29)(H,26,28). The van der Waals surface area contributed by atoms with Gasteiger partial charge in [0.05, 0.1) is 18.3 Å². The molecule has 3 N–H and O–H groups in total. The molecule has 4 aromatic rings. The van der Waals surface area contributed by atoms with Crippen LogP contribution < -0.4 is 15.4 Å². The highest BCUT2D eigenvalue weighted by Gasteiger charge is 2.19. The highest BCUT2D eigenvalue weighted by Crippen LogP contribution is 2.27. The monoisotopic (exact) mass is 402 g/mol. The van der Waals surface area contributed by atoms with Crippen molar-refractivity contribution in [1.29, 1.82) is 0 Å². The van der Waals surface area contributed by atoms with E-state index in [1.807, 2.05) is 31.2 Å². The number of rotatable bonds is 5. The molecule has 0 aliphatic rings. The molecule has 0 aliphatic carbocycles. The minimum Gasteiger partial charge on any atom is -0.497 e. The summed E-state index contributed by atoms with van der Waals surface area (Å²) in [4.78, 5) is 33.0. The SMILES string of the molecule is COc1cccc(NC(=O)C(C)NC(=O)c2cc3c([nH]c4ccccc43)c(C)n2)c1. The number of ether oxygens (including phenoxy) is 1. The second-order valence-corrected chi connectivity index (χ2v) is 7.10. The Morgan fingerprint density at radius 2 is 1.87 bits per heavy atom. The molecule has 0 saturated carbocycles. The third-order valence-corrected chi connectivity index (χ3v) is 4.99. The molecule has 2 aromatic heterocycles. The summed E-state index contributed by atoms with van der Waals surface area (Å²) in [5.41, 5.74) is 3.47. The fraction of sp³-hybridized carbons (Fsp3) is 0.174. The van der Waals surface area contributed by atoms with E-state index in [0.29, 0.717) is 11.4 Å². The number of methoxy groups -OCH3 is 1. The minimum atomic E-state index is -0.746. The van der Waals surface area contributed by atoms with Gasteiger partial charge < -0.3 is 20.4 Å². The Bertz CT molecular complexity index is 1260. The summed E-state index contributed by atoms with van der Waals surface area (Å²) in [6.45, 7) is 3.48. The largest absolute Gasteiger partial charge is 0.497 e. The van der Waals surface area contributed by atoms with Crippen LogP contribution in [0.2, 0.25) is 0 Å². The highest BCUT2D eigenvalue weighted by atomic mass is 16.5. The molecule has 30 heavy (non-hydrogen) atoms. The van der Waals surface area contributed by atoms with Crippen LogP contribution in [0.3, 0.4) is 0 Å². The molecule has 2 aromatic carbocycles. The molecule has 0 spiro atoms. The smallest absolute Gasteiger partial charge is 0.270 e. The second kappa shape index (κ2) is 7.87. The molecular formula is C23H22N4O3. The van der Waals surface area contributed by atoms with E-state index in [2.05, 4.69) is 20.6 Å². The number of aromatic nitrogens is 2. The normalized spacial score (nSPS) is 12.0. The van der Waals surface area contributed by atoms with Crippen molar-refractivity contribution in [2.24, 2.45) is 0 Å². The van der Waals surface area contributed by atoms with E-state index in [0.717, 1.165) is 27.5 Å². The van der Waals surface area contributed by atoms with E-state index in [1.165, 1.54) is 0 Å². The predicted molar refractivity (Wildman–Crippen MR) is 117 cm³/mol. The molecule has 1 atom stereocenters. The van der Waals surface area contributed by atoms with Gasteiger partial charge in [-0.2, -0.15) is 0 Å². The molecule has 152 valence electrons. The summed E-state index contributed by atoms with van der Waals surface area (Å²) < 4.78 is 5.16. The van der Waals surface area contributed by atoms with Crippen LogP contribution in [0.1, 0.15) is 23.1 Å². The first kappa shape index (κ1) is 19.4. The molecule has 7 nitrogen and oxygen atoms in total. The van der Waals surface area contributed by atoms with Crippen molar-refractivity contribution in [3.8, 4) is 5.75 Å². The number of para-hydroxylation sites is 1. The van der Waals surface area contributed by atoms with Crippen molar-refractivity contribution < 1.29 is 14.3 Å². The highest BCUT2D eigenvalue weighted by molar-refractivity contribution is 6.10. The predicted octanol–water partition coefficient (Wildman–Crippen LogP) is 3.79. The molecule has 0 radical (unpaired) electrons. The quantitative estimate of drug-likeness (QED) is 0.473. The number of amides is 2. The number of carbonyl (C=O) groups is 2. The maximum absolute atomic E-state index is 12.8. The Morgan fingerprint density at radius 1 is 1.07 bits per heavy atom. The van der Waals surface area contributed by atoms with Gasteiger partial charge in [0.25, 0.3) is 5.91 Å². The van der Waals surface area contributed by atoms with Gasteiger partial charge in [-0.1, -0.05) is 24.3 Å². The van der Waals surface area contributed by atoms with Crippen molar-refractivity contribution in [3.63, 3.8) is 0 Å². The summed E-state index contributed by atoms with van der Waals surface area (Å²) in [5, 5.41) is 7.45. The number of nitrogens with one attached hydrogen (secondary N) is 3. The van der Waals surface area contributed by atoms with Crippen molar-refractivity contribution in [2.75, 3.05) is 12.4 Å². The van der Waals surface area contributed by atoms with Crippen LogP contribution in [0.25, 0.3) is 21.8 Å². The summed E-state index contributed by atoms with van der Waals surface area (Å²) in [6.07, 6.45) is 0. The van der Waals surface area contributed by atoms with E-state index < -0.39 is 11.9 Å². The lowest BCUT2D eigenvalue weighted by molar-refractivity contribution is -0.117.